The van der Waals surface area contributed by atoms with Crippen molar-refractivity contribution < 1.29 is 39.9 Å². The van der Waals surface area contributed by atoms with Gasteiger partial charge >= 0.3 is 5.97 Å². The van der Waals surface area contributed by atoms with E-state index in [9.17, 15) is 34.8 Å². The number of aromatic nitrogens is 2. The Hall–Kier alpha value is -2.38. The van der Waals surface area contributed by atoms with Crippen molar-refractivity contribution >= 4 is 17.7 Å². The van der Waals surface area contributed by atoms with Crippen LogP contribution in [0.1, 0.15) is 19.5 Å². The second kappa shape index (κ2) is 11.6. The molecule has 12 heteroatoms. The molecule has 0 fully saturated rings. The Kier molecular flexibility index (Phi) is 9.85. The first kappa shape index (κ1) is 24.7. The third-order valence-corrected chi connectivity index (χ3v) is 4.27. The first-order chi connectivity index (χ1) is 13.6. The maximum Gasteiger partial charge on any atom is 0.326 e. The number of aliphatic hydroxyl groups is 4. The zero-order chi connectivity index (χ0) is 22.1. The van der Waals surface area contributed by atoms with Gasteiger partial charge in [0.05, 0.1) is 25.5 Å². The highest BCUT2D eigenvalue weighted by Gasteiger charge is 2.32. The van der Waals surface area contributed by atoms with E-state index < -0.39 is 61.2 Å². The molecule has 5 atom stereocenters. The van der Waals surface area contributed by atoms with Crippen LogP contribution in [0.2, 0.25) is 0 Å². The molecule has 1 amide bonds. The number of hydrogen-bond acceptors (Lipinski definition) is 9. The maximum absolute atomic E-state index is 12.5. The zero-order valence-electron chi connectivity index (χ0n) is 16.1. The van der Waals surface area contributed by atoms with Crippen molar-refractivity contribution in [2.45, 2.75) is 50.7 Å². The van der Waals surface area contributed by atoms with Gasteiger partial charge in [-0.05, 0) is 5.92 Å². The fourth-order valence-corrected chi connectivity index (χ4v) is 2.53. The van der Waals surface area contributed by atoms with Crippen molar-refractivity contribution in [1.29, 1.82) is 0 Å². The summed E-state index contributed by atoms with van der Waals surface area (Å²) in [5.74, 6) is -3.15. The van der Waals surface area contributed by atoms with Gasteiger partial charge in [-0.3, -0.25) is 14.9 Å². The molecule has 8 N–H and O–H groups in total. The number of rotatable bonds is 13. The second-order valence-electron chi connectivity index (χ2n) is 6.93. The molecule has 1 heterocycles. The molecule has 0 saturated heterocycles. The average molecular weight is 416 g/mol. The highest BCUT2D eigenvalue weighted by Crippen LogP contribution is 2.06. The minimum Gasteiger partial charge on any atom is -0.480 e. The number of carboxylic acids is 1. The number of nitrogens with zero attached hydrogens (tertiary/aromatic N) is 1. The summed E-state index contributed by atoms with van der Waals surface area (Å²) in [5, 5.41) is 51.7. The third kappa shape index (κ3) is 7.51. The number of hydrogen-bond donors (Lipinski definition) is 8. The van der Waals surface area contributed by atoms with Crippen LogP contribution in [0, 0.1) is 5.92 Å². The number of imidazole rings is 1. The Morgan fingerprint density at radius 2 is 1.86 bits per heavy atom. The normalized spacial score (nSPS) is 16.7. The molecule has 0 radical (unpaired) electrons. The van der Waals surface area contributed by atoms with Crippen LogP contribution in [0.5, 0.6) is 0 Å². The zero-order valence-corrected chi connectivity index (χ0v) is 16.1. The molecule has 0 aliphatic carbocycles. The summed E-state index contributed by atoms with van der Waals surface area (Å²) in [6.45, 7) is 1.98. The van der Waals surface area contributed by atoms with Gasteiger partial charge in [-0.15, -0.1) is 0 Å². The quantitative estimate of drug-likeness (QED) is 0.161. The van der Waals surface area contributed by atoms with E-state index in [0.717, 1.165) is 0 Å². The molecule has 1 aromatic heterocycles. The number of aliphatic hydroxyl groups excluding tert-OH is 4. The van der Waals surface area contributed by atoms with E-state index in [2.05, 4.69) is 20.6 Å². The summed E-state index contributed by atoms with van der Waals surface area (Å²) >= 11 is 0. The lowest BCUT2D eigenvalue weighted by molar-refractivity contribution is -0.143. The lowest BCUT2D eigenvalue weighted by Gasteiger charge is -2.25. The molecule has 0 saturated carbocycles. The molecule has 12 nitrogen and oxygen atoms in total. The minimum atomic E-state index is -1.97. The van der Waals surface area contributed by atoms with Crippen LogP contribution >= 0.6 is 0 Å². The van der Waals surface area contributed by atoms with Crippen molar-refractivity contribution in [3.05, 3.63) is 18.2 Å². The molecule has 0 aliphatic heterocycles. The number of nitrogens with one attached hydrogen (secondary N) is 3. The van der Waals surface area contributed by atoms with Crippen molar-refractivity contribution in [3.8, 4) is 0 Å². The van der Waals surface area contributed by atoms with Crippen molar-refractivity contribution in [1.82, 2.24) is 20.6 Å². The number of Topliss-reactive ketones (excluding diaryl/α,β-unsaturated/α-hetero) is 1. The Balaban J connectivity index is 2.71. The van der Waals surface area contributed by atoms with Crippen LogP contribution in [0.4, 0.5) is 0 Å². The first-order valence-electron chi connectivity index (χ1n) is 9.00. The lowest BCUT2D eigenvalue weighted by Crippen LogP contribution is -2.55. The number of H-pyrrole nitrogens is 1. The number of carbonyl (C=O) groups excluding carboxylic acids is 2. The highest BCUT2D eigenvalue weighted by molar-refractivity contribution is 5.89. The van der Waals surface area contributed by atoms with E-state index in [4.69, 9.17) is 5.11 Å². The van der Waals surface area contributed by atoms with Gasteiger partial charge in [0.15, 0.2) is 5.78 Å². The average Bonchev–Trinajstić information content (AvgIpc) is 3.18. The SMILES string of the molecule is CC(C)[C@H](NCC(=O)[C@@H](O)[C@H](O)[C@H](O)CO)C(=O)N[C@@H](Cc1cnc[nH]1)C(=O)O. The van der Waals surface area contributed by atoms with E-state index in [1.165, 1.54) is 12.5 Å². The summed E-state index contributed by atoms with van der Waals surface area (Å²) in [6.07, 6.45) is -2.74. The van der Waals surface area contributed by atoms with E-state index in [0.29, 0.717) is 5.69 Å². The smallest absolute Gasteiger partial charge is 0.326 e. The summed E-state index contributed by atoms with van der Waals surface area (Å²) in [7, 11) is 0. The largest absolute Gasteiger partial charge is 0.480 e. The number of carboxylic acid groups (broad SMARTS) is 1. The Bertz CT molecular complexity index is 666. The second-order valence-corrected chi connectivity index (χ2v) is 6.93. The van der Waals surface area contributed by atoms with Crippen LogP contribution in [-0.4, -0.2) is 96.7 Å². The first-order valence-corrected chi connectivity index (χ1v) is 9.00. The monoisotopic (exact) mass is 416 g/mol. The van der Waals surface area contributed by atoms with Crippen molar-refractivity contribution in [2.24, 2.45) is 5.92 Å². The topological polar surface area (TPSA) is 205 Å². The molecule has 0 unspecified atom stereocenters. The number of amides is 1. The fourth-order valence-electron chi connectivity index (χ4n) is 2.53. The van der Waals surface area contributed by atoms with Gasteiger partial charge in [0.1, 0.15) is 24.4 Å². The van der Waals surface area contributed by atoms with Crippen LogP contribution in [-0.2, 0) is 20.8 Å². The Morgan fingerprint density at radius 3 is 2.34 bits per heavy atom. The number of aromatic amines is 1. The van der Waals surface area contributed by atoms with Gasteiger partial charge < -0.3 is 35.8 Å². The van der Waals surface area contributed by atoms with Crippen molar-refractivity contribution in [2.75, 3.05) is 13.2 Å². The molecule has 1 aromatic rings. The number of carbonyl (C=O) groups is 3. The van der Waals surface area contributed by atoms with E-state index >= 15 is 0 Å². The lowest BCUT2D eigenvalue weighted by atomic mass is 10.0. The van der Waals surface area contributed by atoms with E-state index in [-0.39, 0.29) is 12.3 Å². The fraction of sp³-hybridized carbons (Fsp3) is 0.647. The van der Waals surface area contributed by atoms with Gasteiger partial charge in [0, 0.05) is 18.3 Å². The summed E-state index contributed by atoms with van der Waals surface area (Å²) in [6, 6.07) is -2.19. The van der Waals surface area contributed by atoms with Crippen LogP contribution in [0.25, 0.3) is 0 Å². The van der Waals surface area contributed by atoms with Crippen molar-refractivity contribution in [3.63, 3.8) is 0 Å². The van der Waals surface area contributed by atoms with Gasteiger partial charge in [-0.25, -0.2) is 9.78 Å². The Labute approximate surface area is 167 Å². The maximum atomic E-state index is 12.5. The predicted octanol–water partition coefficient (Wildman–Crippen LogP) is -3.22. The third-order valence-electron chi connectivity index (χ3n) is 4.27. The van der Waals surface area contributed by atoms with Gasteiger partial charge in [0.25, 0.3) is 0 Å². The molecule has 0 bridgehead atoms. The van der Waals surface area contributed by atoms with Crippen LogP contribution in [0.3, 0.4) is 0 Å². The van der Waals surface area contributed by atoms with Crippen LogP contribution in [0.15, 0.2) is 12.5 Å². The predicted molar refractivity (Wildman–Crippen MR) is 98.6 cm³/mol. The molecule has 0 aliphatic rings. The van der Waals surface area contributed by atoms with Gasteiger partial charge in [0.2, 0.25) is 5.91 Å². The molecular weight excluding hydrogens is 388 g/mol. The number of ketones is 1. The molecule has 1 rings (SSSR count). The molecule has 0 aromatic carbocycles. The van der Waals surface area contributed by atoms with Crippen LogP contribution < -0.4 is 10.6 Å². The van der Waals surface area contributed by atoms with E-state index in [1.54, 1.807) is 13.8 Å². The van der Waals surface area contributed by atoms with Gasteiger partial charge in [-0.2, -0.15) is 0 Å². The van der Waals surface area contributed by atoms with Gasteiger partial charge in [-0.1, -0.05) is 13.8 Å². The summed E-state index contributed by atoms with van der Waals surface area (Å²) in [4.78, 5) is 42.5. The standard InChI is InChI=1S/C17H28N4O8/c1-8(2)13(19-5-11(23)14(25)15(26)12(24)6-22)16(27)21-10(17(28)29)3-9-4-18-7-20-9/h4,7-8,10,12-15,19,22,24-26H,3,5-6H2,1-2H3,(H,18,20)(H,21,27)(H,28,29)/t10-,12+,13-,14+,15+/m0/s1. The Morgan fingerprint density at radius 1 is 1.21 bits per heavy atom. The molecular formula is C17H28N4O8. The highest BCUT2D eigenvalue weighted by atomic mass is 16.4. The summed E-state index contributed by atoms with van der Waals surface area (Å²) in [5.41, 5.74) is 0.515. The summed E-state index contributed by atoms with van der Waals surface area (Å²) < 4.78 is 0. The molecule has 0 spiro atoms. The molecule has 164 valence electrons. The van der Waals surface area contributed by atoms with E-state index in [1.807, 2.05) is 0 Å². The molecule has 29 heavy (non-hydrogen) atoms. The minimum absolute atomic E-state index is 0.0191. The number of aliphatic carboxylic acids is 1.